The molecule has 0 amide bonds. The minimum atomic E-state index is -0.757. The molecule has 0 aromatic rings. The highest BCUT2D eigenvalue weighted by Crippen LogP contribution is 2.60. The number of aliphatic hydroxyl groups is 1. The van der Waals surface area contributed by atoms with Gasteiger partial charge in [-0.3, -0.25) is 0 Å². The van der Waals surface area contributed by atoms with Gasteiger partial charge in [-0.25, -0.2) is 9.78 Å². The summed E-state index contributed by atoms with van der Waals surface area (Å²) in [6.45, 7) is 8.35. The second kappa shape index (κ2) is 5.89. The Kier molecular flexibility index (Phi) is 4.22. The third-order valence-electron chi connectivity index (χ3n) is 6.60. The van der Waals surface area contributed by atoms with Crippen molar-refractivity contribution < 1.29 is 29.1 Å². The van der Waals surface area contributed by atoms with Gasteiger partial charge in [0.15, 0.2) is 18.2 Å². The predicted octanol–water partition coefficient (Wildman–Crippen LogP) is 2.59. The summed E-state index contributed by atoms with van der Waals surface area (Å²) >= 11 is 0. The second-order valence-corrected chi connectivity index (χ2v) is 8.46. The maximum atomic E-state index is 9.55. The molecule has 4 aliphatic heterocycles. The summed E-state index contributed by atoms with van der Waals surface area (Å²) in [7, 11) is 0. The average Bonchev–Trinajstić information content (AvgIpc) is 2.76. The molecule has 5 fully saturated rings. The van der Waals surface area contributed by atoms with E-state index in [0.717, 1.165) is 19.3 Å². The minimum absolute atomic E-state index is 0.157. The Labute approximate surface area is 143 Å². The summed E-state index contributed by atoms with van der Waals surface area (Å²) < 4.78 is 18.4. The van der Waals surface area contributed by atoms with Crippen molar-refractivity contribution in [1.29, 1.82) is 0 Å². The Bertz CT molecular complexity index is 484. The van der Waals surface area contributed by atoms with Gasteiger partial charge in [0.1, 0.15) is 0 Å². The largest absolute Gasteiger partial charge is 0.391 e. The minimum Gasteiger partial charge on any atom is -0.391 e. The summed E-state index contributed by atoms with van der Waals surface area (Å²) in [5, 5.41) is 9.55. The number of hydrogen-bond donors (Lipinski definition) is 1. The molecule has 6 nitrogen and oxygen atoms in total. The first-order valence-corrected chi connectivity index (χ1v) is 9.35. The van der Waals surface area contributed by atoms with Gasteiger partial charge in [-0.15, -0.1) is 0 Å². The van der Waals surface area contributed by atoms with Crippen LogP contribution in [0.4, 0.5) is 0 Å². The molecule has 9 atom stereocenters. The van der Waals surface area contributed by atoms with Gasteiger partial charge in [-0.2, -0.15) is 0 Å². The van der Waals surface area contributed by atoms with E-state index < -0.39 is 23.8 Å². The summed E-state index contributed by atoms with van der Waals surface area (Å²) in [6.07, 6.45) is 2.68. The molecule has 4 heterocycles. The van der Waals surface area contributed by atoms with Crippen LogP contribution in [0.15, 0.2) is 0 Å². The zero-order valence-electron chi connectivity index (χ0n) is 15.1. The van der Waals surface area contributed by atoms with Crippen molar-refractivity contribution in [2.24, 2.45) is 23.7 Å². The van der Waals surface area contributed by atoms with Gasteiger partial charge in [0, 0.05) is 18.3 Å². The first-order chi connectivity index (χ1) is 11.4. The Hall–Kier alpha value is -0.240. The monoisotopic (exact) mass is 342 g/mol. The number of rotatable bonds is 3. The van der Waals surface area contributed by atoms with Crippen LogP contribution in [0, 0.1) is 23.7 Å². The quantitative estimate of drug-likeness (QED) is 0.795. The fourth-order valence-corrected chi connectivity index (χ4v) is 5.30. The highest BCUT2D eigenvalue weighted by atomic mass is 17.3. The van der Waals surface area contributed by atoms with Crippen LogP contribution in [0.2, 0.25) is 0 Å². The molecule has 138 valence electrons. The molecule has 24 heavy (non-hydrogen) atoms. The maximum Gasteiger partial charge on any atom is 0.201 e. The van der Waals surface area contributed by atoms with Gasteiger partial charge in [-0.05, 0) is 44.9 Å². The van der Waals surface area contributed by atoms with Crippen LogP contribution in [-0.2, 0) is 24.0 Å². The zero-order chi connectivity index (χ0) is 17.1. The molecule has 0 aromatic carbocycles. The van der Waals surface area contributed by atoms with Gasteiger partial charge >= 0.3 is 0 Å². The molecule has 0 aromatic heterocycles. The molecule has 1 spiro atoms. The summed E-state index contributed by atoms with van der Waals surface area (Å²) in [5.41, 5.74) is -0.544. The summed E-state index contributed by atoms with van der Waals surface area (Å²) in [4.78, 5) is 11.9. The van der Waals surface area contributed by atoms with E-state index in [9.17, 15) is 5.11 Å². The Balaban J connectivity index is 1.67. The molecule has 0 radical (unpaired) electrons. The molecule has 6 heteroatoms. The van der Waals surface area contributed by atoms with Crippen LogP contribution in [0.1, 0.15) is 53.4 Å². The standard InChI is InChI=1S/C18H30O6/c1-10-5-6-14-12(3)15(20-9-11(2)19)21-16-18(14)13(10)7-8-17(4,22-16)23-24-18/h10-16,19H,5-9H2,1-4H3/t10-,11?,12-,13+,14+,15-,16-,17-,18-/m1/s1. The third-order valence-corrected chi connectivity index (χ3v) is 6.60. The molecule has 2 bridgehead atoms. The van der Waals surface area contributed by atoms with Crippen molar-refractivity contribution in [3.63, 3.8) is 0 Å². The van der Waals surface area contributed by atoms with E-state index >= 15 is 0 Å². The molecular formula is C18H30O6. The van der Waals surface area contributed by atoms with Crippen molar-refractivity contribution in [2.45, 2.75) is 83.5 Å². The summed E-state index contributed by atoms with van der Waals surface area (Å²) in [6, 6.07) is 0. The van der Waals surface area contributed by atoms with Gasteiger partial charge in [0.25, 0.3) is 0 Å². The molecule has 1 saturated carbocycles. The lowest BCUT2D eigenvalue weighted by Crippen LogP contribution is -2.70. The first kappa shape index (κ1) is 17.2. The van der Waals surface area contributed by atoms with Gasteiger partial charge in [0.2, 0.25) is 5.79 Å². The van der Waals surface area contributed by atoms with Crippen molar-refractivity contribution in [3.8, 4) is 0 Å². The molecule has 4 saturated heterocycles. The Morgan fingerprint density at radius 3 is 2.71 bits per heavy atom. The fourth-order valence-electron chi connectivity index (χ4n) is 5.30. The van der Waals surface area contributed by atoms with Crippen LogP contribution in [0.25, 0.3) is 0 Å². The lowest BCUT2D eigenvalue weighted by Gasteiger charge is -2.60. The van der Waals surface area contributed by atoms with Crippen molar-refractivity contribution in [2.75, 3.05) is 6.61 Å². The molecular weight excluding hydrogens is 312 g/mol. The Morgan fingerprint density at radius 2 is 1.96 bits per heavy atom. The van der Waals surface area contributed by atoms with E-state index in [-0.39, 0.29) is 24.7 Å². The van der Waals surface area contributed by atoms with Crippen molar-refractivity contribution in [1.82, 2.24) is 0 Å². The number of ether oxygens (including phenoxy) is 3. The smallest absolute Gasteiger partial charge is 0.201 e. The normalized spacial score (nSPS) is 54.9. The fraction of sp³-hybridized carbons (Fsp3) is 1.00. The highest BCUT2D eigenvalue weighted by molar-refractivity contribution is 5.09. The lowest BCUT2D eigenvalue weighted by molar-refractivity contribution is -0.577. The predicted molar refractivity (Wildman–Crippen MR) is 84.5 cm³/mol. The van der Waals surface area contributed by atoms with E-state index in [2.05, 4.69) is 13.8 Å². The number of aliphatic hydroxyl groups excluding tert-OH is 1. The average molecular weight is 342 g/mol. The topological polar surface area (TPSA) is 66.4 Å². The van der Waals surface area contributed by atoms with Crippen LogP contribution in [0.3, 0.4) is 0 Å². The molecule has 1 aliphatic carbocycles. The maximum absolute atomic E-state index is 9.55. The number of hydrogen-bond acceptors (Lipinski definition) is 6. The highest BCUT2D eigenvalue weighted by Gasteiger charge is 2.69. The molecule has 5 rings (SSSR count). The van der Waals surface area contributed by atoms with Gasteiger partial charge < -0.3 is 19.3 Å². The van der Waals surface area contributed by atoms with E-state index in [4.69, 9.17) is 24.0 Å². The molecule has 1 N–H and O–H groups in total. The SMILES string of the molecule is CC(O)CO[C@@H]1O[C@@H]2O[C@@]3(C)CC[C@H]4[C@H](C)CC[C@@H]([C@H]1C)[C@@]24OO3. The van der Waals surface area contributed by atoms with Crippen LogP contribution < -0.4 is 0 Å². The zero-order valence-corrected chi connectivity index (χ0v) is 15.1. The molecule has 5 aliphatic rings. The summed E-state index contributed by atoms with van der Waals surface area (Å²) in [5.74, 6) is 0.587. The van der Waals surface area contributed by atoms with E-state index in [1.54, 1.807) is 6.92 Å². The van der Waals surface area contributed by atoms with E-state index in [1.165, 1.54) is 6.42 Å². The van der Waals surface area contributed by atoms with Crippen molar-refractivity contribution >= 4 is 0 Å². The third kappa shape index (κ3) is 2.46. The lowest BCUT2D eigenvalue weighted by atomic mass is 9.58. The van der Waals surface area contributed by atoms with Crippen molar-refractivity contribution in [3.05, 3.63) is 0 Å². The van der Waals surface area contributed by atoms with Gasteiger partial charge in [-0.1, -0.05) is 13.8 Å². The van der Waals surface area contributed by atoms with Gasteiger partial charge in [0.05, 0.1) is 12.7 Å². The molecule has 1 unspecified atom stereocenters. The van der Waals surface area contributed by atoms with E-state index in [0.29, 0.717) is 11.8 Å². The van der Waals surface area contributed by atoms with Crippen LogP contribution >= 0.6 is 0 Å². The van der Waals surface area contributed by atoms with Crippen LogP contribution in [0.5, 0.6) is 0 Å². The van der Waals surface area contributed by atoms with Crippen LogP contribution in [-0.4, -0.2) is 41.8 Å². The Morgan fingerprint density at radius 1 is 1.17 bits per heavy atom. The van der Waals surface area contributed by atoms with E-state index in [1.807, 2.05) is 6.92 Å². The second-order valence-electron chi connectivity index (χ2n) is 8.46. The number of fused-ring (bicyclic) bond motifs is 2. The first-order valence-electron chi connectivity index (χ1n) is 9.35.